The summed E-state index contributed by atoms with van der Waals surface area (Å²) < 4.78 is 5.18. The van der Waals surface area contributed by atoms with Crippen LogP contribution in [-0.2, 0) is 9.59 Å². The van der Waals surface area contributed by atoms with Crippen molar-refractivity contribution in [1.29, 1.82) is 0 Å². The highest BCUT2D eigenvalue weighted by molar-refractivity contribution is 5.94. The molecule has 6 nitrogen and oxygen atoms in total. The monoisotopic (exact) mass is 393 g/mol. The van der Waals surface area contributed by atoms with Crippen LogP contribution in [0.5, 0.6) is 5.75 Å². The number of methoxy groups -OCH3 is 1. The van der Waals surface area contributed by atoms with Gasteiger partial charge in [0, 0.05) is 45.0 Å². The fourth-order valence-corrected chi connectivity index (χ4v) is 3.27. The average Bonchev–Trinajstić information content (AvgIpc) is 2.78. The summed E-state index contributed by atoms with van der Waals surface area (Å²) in [5.41, 5.74) is 2.05. The maximum atomic E-state index is 12.6. The number of piperazine rings is 1. The van der Waals surface area contributed by atoms with E-state index in [-0.39, 0.29) is 18.4 Å². The number of nitrogens with zero attached hydrogens (tertiary/aromatic N) is 3. The van der Waals surface area contributed by atoms with Crippen LogP contribution in [0.3, 0.4) is 0 Å². The normalized spacial score (nSPS) is 14.1. The van der Waals surface area contributed by atoms with Crippen LogP contribution in [0.25, 0.3) is 6.08 Å². The van der Waals surface area contributed by atoms with Gasteiger partial charge >= 0.3 is 0 Å². The van der Waals surface area contributed by atoms with E-state index in [1.54, 1.807) is 20.2 Å². The lowest BCUT2D eigenvalue weighted by Gasteiger charge is -2.36. The third kappa shape index (κ3) is 5.60. The number of hydrogen-bond donors (Lipinski definition) is 0. The second kappa shape index (κ2) is 9.78. The predicted octanol–water partition coefficient (Wildman–Crippen LogP) is 2.52. The molecule has 2 aromatic carbocycles. The molecule has 6 heteroatoms. The molecule has 0 unspecified atom stereocenters. The number of rotatable bonds is 6. The summed E-state index contributed by atoms with van der Waals surface area (Å²) in [4.78, 5) is 30.5. The molecule has 1 fully saturated rings. The molecule has 0 aromatic heterocycles. The van der Waals surface area contributed by atoms with Gasteiger partial charge in [0.1, 0.15) is 5.75 Å². The first kappa shape index (κ1) is 20.5. The van der Waals surface area contributed by atoms with E-state index in [0.717, 1.165) is 24.4 Å². The molecule has 1 heterocycles. The molecule has 0 spiro atoms. The molecule has 0 radical (unpaired) electrons. The fourth-order valence-electron chi connectivity index (χ4n) is 3.27. The zero-order valence-corrected chi connectivity index (χ0v) is 17.0. The van der Waals surface area contributed by atoms with Gasteiger partial charge in [-0.2, -0.15) is 0 Å². The zero-order valence-electron chi connectivity index (χ0n) is 17.0. The number of amides is 2. The number of carbonyl (C=O) groups excluding carboxylic acids is 2. The van der Waals surface area contributed by atoms with Gasteiger partial charge in [-0.3, -0.25) is 9.59 Å². The van der Waals surface area contributed by atoms with Crippen LogP contribution in [0.2, 0.25) is 0 Å². The van der Waals surface area contributed by atoms with E-state index < -0.39 is 0 Å². The first-order valence-electron chi connectivity index (χ1n) is 9.72. The minimum Gasteiger partial charge on any atom is -0.497 e. The third-order valence-corrected chi connectivity index (χ3v) is 5.01. The van der Waals surface area contributed by atoms with Crippen LogP contribution in [0, 0.1) is 0 Å². The molecule has 0 saturated carbocycles. The Hall–Kier alpha value is -3.28. The van der Waals surface area contributed by atoms with E-state index in [0.29, 0.717) is 13.1 Å². The van der Waals surface area contributed by atoms with Crippen LogP contribution in [0.15, 0.2) is 60.7 Å². The maximum absolute atomic E-state index is 12.6. The lowest BCUT2D eigenvalue weighted by molar-refractivity contribution is -0.137. The molecule has 1 aliphatic heterocycles. The molecule has 2 amide bonds. The maximum Gasteiger partial charge on any atom is 0.246 e. The van der Waals surface area contributed by atoms with Crippen molar-refractivity contribution in [3.8, 4) is 5.75 Å². The second-order valence-electron chi connectivity index (χ2n) is 7.01. The van der Waals surface area contributed by atoms with Crippen molar-refractivity contribution < 1.29 is 14.3 Å². The first-order chi connectivity index (χ1) is 14.1. The molecule has 0 bridgehead atoms. The van der Waals surface area contributed by atoms with Gasteiger partial charge in [-0.05, 0) is 35.9 Å². The molecule has 0 N–H and O–H groups in total. The summed E-state index contributed by atoms with van der Waals surface area (Å²) in [5.74, 6) is 0.505. The number of likely N-dealkylation sites (N-methyl/N-ethyl adjacent to an activating group) is 1. The van der Waals surface area contributed by atoms with Crippen molar-refractivity contribution >= 4 is 23.6 Å². The lowest BCUT2D eigenvalue weighted by Crippen LogP contribution is -2.51. The van der Waals surface area contributed by atoms with Crippen LogP contribution < -0.4 is 9.64 Å². The van der Waals surface area contributed by atoms with Gasteiger partial charge in [-0.25, -0.2) is 0 Å². The van der Waals surface area contributed by atoms with Crippen molar-refractivity contribution in [2.24, 2.45) is 0 Å². The van der Waals surface area contributed by atoms with E-state index in [1.165, 1.54) is 16.7 Å². The van der Waals surface area contributed by atoms with Gasteiger partial charge in [0.2, 0.25) is 11.8 Å². The van der Waals surface area contributed by atoms with Crippen LogP contribution >= 0.6 is 0 Å². The number of para-hydroxylation sites is 1. The number of ether oxygens (including phenoxy) is 1. The lowest BCUT2D eigenvalue weighted by atomic mass is 10.2. The highest BCUT2D eigenvalue weighted by Gasteiger charge is 2.22. The molecule has 0 aliphatic carbocycles. The van der Waals surface area contributed by atoms with Crippen molar-refractivity contribution in [3.05, 3.63) is 66.2 Å². The molecule has 1 saturated heterocycles. The summed E-state index contributed by atoms with van der Waals surface area (Å²) in [6.45, 7) is 2.99. The molecule has 29 heavy (non-hydrogen) atoms. The molecule has 1 aliphatic rings. The average molecular weight is 393 g/mol. The minimum absolute atomic E-state index is 0.0247. The Balaban J connectivity index is 1.48. The minimum atomic E-state index is -0.205. The smallest absolute Gasteiger partial charge is 0.246 e. The summed E-state index contributed by atoms with van der Waals surface area (Å²) in [6.07, 6.45) is 3.21. The molecule has 0 atom stereocenters. The van der Waals surface area contributed by atoms with Gasteiger partial charge in [0.05, 0.1) is 13.7 Å². The summed E-state index contributed by atoms with van der Waals surface area (Å²) in [5, 5.41) is 0. The Morgan fingerprint density at radius 2 is 1.76 bits per heavy atom. The van der Waals surface area contributed by atoms with Crippen molar-refractivity contribution in [2.75, 3.05) is 51.8 Å². The Morgan fingerprint density at radius 3 is 2.45 bits per heavy atom. The Labute approximate surface area is 172 Å². The fraction of sp³-hybridized carbons (Fsp3) is 0.304. The molecule has 3 rings (SSSR count). The molecular formula is C23H27N3O3. The number of hydrogen-bond acceptors (Lipinski definition) is 4. The van der Waals surface area contributed by atoms with Crippen molar-refractivity contribution in [3.63, 3.8) is 0 Å². The topological polar surface area (TPSA) is 53.1 Å². The Morgan fingerprint density at radius 1 is 1.03 bits per heavy atom. The van der Waals surface area contributed by atoms with Gasteiger partial charge in [-0.1, -0.05) is 30.3 Å². The van der Waals surface area contributed by atoms with Crippen LogP contribution in [-0.4, -0.2) is 68.5 Å². The van der Waals surface area contributed by atoms with E-state index in [4.69, 9.17) is 4.74 Å². The van der Waals surface area contributed by atoms with Crippen molar-refractivity contribution in [2.45, 2.75) is 0 Å². The molecule has 152 valence electrons. The molecule has 2 aromatic rings. The SMILES string of the molecule is COc1cccc(/C=C/C(=O)N(C)CC(=O)N2CCN(c3ccccc3)CC2)c1. The van der Waals surface area contributed by atoms with Gasteiger partial charge in [0.15, 0.2) is 0 Å². The van der Waals surface area contributed by atoms with E-state index in [1.807, 2.05) is 47.4 Å². The summed E-state index contributed by atoms with van der Waals surface area (Å²) in [6, 6.07) is 17.7. The third-order valence-electron chi connectivity index (χ3n) is 5.01. The van der Waals surface area contributed by atoms with Gasteiger partial charge in [-0.15, -0.1) is 0 Å². The zero-order chi connectivity index (χ0) is 20.6. The van der Waals surface area contributed by atoms with E-state index in [2.05, 4.69) is 17.0 Å². The predicted molar refractivity (Wildman–Crippen MR) is 115 cm³/mol. The summed E-state index contributed by atoms with van der Waals surface area (Å²) >= 11 is 0. The van der Waals surface area contributed by atoms with Gasteiger partial charge in [0.25, 0.3) is 0 Å². The van der Waals surface area contributed by atoms with E-state index in [9.17, 15) is 9.59 Å². The van der Waals surface area contributed by atoms with E-state index >= 15 is 0 Å². The highest BCUT2D eigenvalue weighted by Crippen LogP contribution is 2.16. The quantitative estimate of drug-likeness (QED) is 0.708. The first-order valence-corrected chi connectivity index (χ1v) is 9.72. The Kier molecular flexibility index (Phi) is 6.89. The number of carbonyl (C=O) groups is 2. The van der Waals surface area contributed by atoms with Crippen LogP contribution in [0.1, 0.15) is 5.56 Å². The highest BCUT2D eigenvalue weighted by atomic mass is 16.5. The largest absolute Gasteiger partial charge is 0.497 e. The second-order valence-corrected chi connectivity index (χ2v) is 7.01. The number of anilines is 1. The standard InChI is InChI=1S/C23H27N3O3/c1-24(22(27)12-11-19-7-6-10-21(17-19)29-2)18-23(28)26-15-13-25(14-16-26)20-8-4-3-5-9-20/h3-12,17H,13-16,18H2,1-2H3/b12-11+. The Bertz CT molecular complexity index is 859. The van der Waals surface area contributed by atoms with Crippen molar-refractivity contribution in [1.82, 2.24) is 9.80 Å². The number of benzene rings is 2. The summed E-state index contributed by atoms with van der Waals surface area (Å²) in [7, 11) is 3.25. The van der Waals surface area contributed by atoms with Gasteiger partial charge < -0.3 is 19.4 Å². The van der Waals surface area contributed by atoms with Crippen LogP contribution in [0.4, 0.5) is 5.69 Å². The molecular weight excluding hydrogens is 366 g/mol.